The number of nitrogens with one attached hydrogen (secondary N) is 1. The van der Waals surface area contributed by atoms with Gasteiger partial charge >= 0.3 is 0 Å². The van der Waals surface area contributed by atoms with Crippen molar-refractivity contribution in [3.63, 3.8) is 0 Å². The molecule has 0 saturated carbocycles. The number of amidine groups is 1. The van der Waals surface area contributed by atoms with Crippen LogP contribution in [0.15, 0.2) is 30.0 Å². The number of anilines is 1. The maximum atomic E-state index is 5.42. The molecular formula is C11H17N5. The van der Waals surface area contributed by atoms with E-state index in [1.165, 1.54) is 0 Å². The zero-order chi connectivity index (χ0) is 12.1. The highest BCUT2D eigenvalue weighted by Gasteiger charge is 2.07. The van der Waals surface area contributed by atoms with Crippen LogP contribution in [0.5, 0.6) is 0 Å². The summed E-state index contributed by atoms with van der Waals surface area (Å²) in [6.07, 6.45) is 5.19. The maximum Gasteiger partial charge on any atom is 0.131 e. The van der Waals surface area contributed by atoms with Gasteiger partial charge < -0.3 is 11.1 Å². The van der Waals surface area contributed by atoms with E-state index in [-0.39, 0.29) is 0 Å². The molecule has 0 unspecified atom stereocenters. The number of nitrogens with zero attached hydrogens (tertiary/aromatic N) is 3. The van der Waals surface area contributed by atoms with Crippen LogP contribution in [0.1, 0.15) is 12.5 Å². The quantitative estimate of drug-likeness (QED) is 0.456. The predicted octanol–water partition coefficient (Wildman–Crippen LogP) is 1.37. The molecule has 0 saturated heterocycles. The zero-order valence-corrected chi connectivity index (χ0v) is 9.86. The van der Waals surface area contributed by atoms with Gasteiger partial charge in [-0.3, -0.25) is 4.68 Å². The van der Waals surface area contributed by atoms with Crippen molar-refractivity contribution in [2.24, 2.45) is 17.8 Å². The Morgan fingerprint density at radius 1 is 1.69 bits per heavy atom. The molecule has 0 fully saturated rings. The second-order valence-corrected chi connectivity index (χ2v) is 3.39. The molecule has 0 bridgehead atoms. The van der Waals surface area contributed by atoms with E-state index in [1.807, 2.05) is 14.1 Å². The Kier molecular flexibility index (Phi) is 3.88. The van der Waals surface area contributed by atoms with Crippen LogP contribution in [0.2, 0.25) is 0 Å². The molecule has 0 radical (unpaired) electrons. The second kappa shape index (κ2) is 5.16. The average molecular weight is 219 g/mol. The van der Waals surface area contributed by atoms with E-state index in [9.17, 15) is 0 Å². The van der Waals surface area contributed by atoms with Crippen LogP contribution >= 0.6 is 0 Å². The molecule has 0 amide bonds. The highest BCUT2D eigenvalue weighted by Crippen LogP contribution is 2.22. The van der Waals surface area contributed by atoms with E-state index in [1.54, 1.807) is 30.1 Å². The van der Waals surface area contributed by atoms with Gasteiger partial charge in [0.2, 0.25) is 0 Å². The molecule has 3 N–H and O–H groups in total. The summed E-state index contributed by atoms with van der Waals surface area (Å²) in [5.74, 6) is 1.44. The molecular weight excluding hydrogens is 202 g/mol. The first kappa shape index (κ1) is 12.0. The van der Waals surface area contributed by atoms with Gasteiger partial charge in [-0.1, -0.05) is 6.58 Å². The topological polar surface area (TPSA) is 68.2 Å². The number of hydrogen-bond donors (Lipinski definition) is 2. The lowest BCUT2D eigenvalue weighted by atomic mass is 10.1. The summed E-state index contributed by atoms with van der Waals surface area (Å²) in [7, 11) is 3.72. The Hall–Kier alpha value is -2.04. The molecule has 0 aliphatic carbocycles. The molecule has 1 heterocycles. The van der Waals surface area contributed by atoms with Gasteiger partial charge in [0.25, 0.3) is 0 Å². The molecule has 16 heavy (non-hydrogen) atoms. The monoisotopic (exact) mass is 219 g/mol. The molecule has 0 spiro atoms. The van der Waals surface area contributed by atoms with Crippen molar-refractivity contribution in [2.45, 2.75) is 6.92 Å². The summed E-state index contributed by atoms with van der Waals surface area (Å²) in [6, 6.07) is 0. The maximum absolute atomic E-state index is 5.42. The number of rotatable bonds is 4. The number of allylic oxidation sites excluding steroid dienone is 2. The van der Waals surface area contributed by atoms with E-state index in [2.05, 4.69) is 22.0 Å². The molecule has 1 aromatic rings. The van der Waals surface area contributed by atoms with Crippen LogP contribution < -0.4 is 11.1 Å². The van der Waals surface area contributed by atoms with Crippen molar-refractivity contribution in [1.29, 1.82) is 0 Å². The summed E-state index contributed by atoms with van der Waals surface area (Å²) in [5.41, 5.74) is 7.20. The SMILES string of the molecule is C=C(/C=C\N=C(C)N)c1cnn(C)c1NC. The van der Waals surface area contributed by atoms with E-state index in [0.717, 1.165) is 17.0 Å². The number of aromatic nitrogens is 2. The molecule has 0 aromatic carbocycles. The third-order valence-electron chi connectivity index (χ3n) is 2.08. The van der Waals surface area contributed by atoms with Crippen LogP contribution in [-0.2, 0) is 7.05 Å². The molecule has 5 nitrogen and oxygen atoms in total. The van der Waals surface area contributed by atoms with Crippen LogP contribution in [0.3, 0.4) is 0 Å². The smallest absolute Gasteiger partial charge is 0.131 e. The second-order valence-electron chi connectivity index (χ2n) is 3.39. The fraction of sp³-hybridized carbons (Fsp3) is 0.273. The first-order chi connectivity index (χ1) is 7.56. The molecule has 1 aromatic heterocycles. The van der Waals surface area contributed by atoms with Crippen molar-refractivity contribution in [3.05, 3.63) is 30.6 Å². The van der Waals surface area contributed by atoms with E-state index >= 15 is 0 Å². The lowest BCUT2D eigenvalue weighted by Gasteiger charge is -2.04. The average Bonchev–Trinajstić information content (AvgIpc) is 2.58. The van der Waals surface area contributed by atoms with Gasteiger partial charge in [-0.15, -0.1) is 0 Å². The number of hydrogen-bond acceptors (Lipinski definition) is 3. The number of aliphatic imine (C=N–C) groups is 1. The predicted molar refractivity (Wildman–Crippen MR) is 68.2 cm³/mol. The number of nitrogens with two attached hydrogens (primary N) is 1. The standard InChI is InChI=1S/C11H17N5/c1-8(5-6-14-9(2)12)10-7-15-16(4)11(10)13-3/h5-7,13H,1H2,2-4H3,(H2,12,14)/b6-5-. The van der Waals surface area contributed by atoms with E-state index < -0.39 is 0 Å². The summed E-state index contributed by atoms with van der Waals surface area (Å²) < 4.78 is 1.76. The first-order valence-corrected chi connectivity index (χ1v) is 4.91. The van der Waals surface area contributed by atoms with Crippen molar-refractivity contribution in [1.82, 2.24) is 9.78 Å². The molecule has 5 heteroatoms. The van der Waals surface area contributed by atoms with Crippen molar-refractivity contribution < 1.29 is 0 Å². The first-order valence-electron chi connectivity index (χ1n) is 4.91. The third kappa shape index (κ3) is 2.73. The van der Waals surface area contributed by atoms with Gasteiger partial charge in [-0.05, 0) is 18.6 Å². The largest absolute Gasteiger partial charge is 0.387 e. The van der Waals surface area contributed by atoms with Crippen LogP contribution in [-0.4, -0.2) is 22.7 Å². The van der Waals surface area contributed by atoms with Crippen molar-refractivity contribution >= 4 is 17.2 Å². The van der Waals surface area contributed by atoms with Gasteiger partial charge in [0.1, 0.15) is 5.82 Å². The Balaban J connectivity index is 2.89. The summed E-state index contributed by atoms with van der Waals surface area (Å²) in [5, 5.41) is 7.22. The Morgan fingerprint density at radius 3 is 2.94 bits per heavy atom. The fourth-order valence-corrected chi connectivity index (χ4v) is 1.30. The normalized spacial score (nSPS) is 12.1. The highest BCUT2D eigenvalue weighted by atomic mass is 15.3. The summed E-state index contributed by atoms with van der Waals surface area (Å²) in [4.78, 5) is 3.96. The van der Waals surface area contributed by atoms with Gasteiger partial charge in [0.15, 0.2) is 0 Å². The number of aryl methyl sites for hydroxylation is 1. The molecule has 0 atom stereocenters. The van der Waals surface area contributed by atoms with E-state index in [0.29, 0.717) is 5.84 Å². The molecule has 0 aliphatic heterocycles. The summed E-state index contributed by atoms with van der Waals surface area (Å²) >= 11 is 0. The minimum Gasteiger partial charge on any atom is -0.387 e. The lowest BCUT2D eigenvalue weighted by Crippen LogP contribution is -2.03. The third-order valence-corrected chi connectivity index (χ3v) is 2.08. The highest BCUT2D eigenvalue weighted by molar-refractivity contribution is 5.80. The van der Waals surface area contributed by atoms with Crippen LogP contribution in [0.25, 0.3) is 5.57 Å². The Morgan fingerprint density at radius 2 is 2.38 bits per heavy atom. The molecule has 1 rings (SSSR count). The van der Waals surface area contributed by atoms with Crippen molar-refractivity contribution in [2.75, 3.05) is 12.4 Å². The van der Waals surface area contributed by atoms with Gasteiger partial charge in [0.05, 0.1) is 12.0 Å². The van der Waals surface area contributed by atoms with Gasteiger partial charge in [0, 0.05) is 25.9 Å². The van der Waals surface area contributed by atoms with Gasteiger partial charge in [-0.2, -0.15) is 5.10 Å². The van der Waals surface area contributed by atoms with Gasteiger partial charge in [-0.25, -0.2) is 4.99 Å². The summed E-state index contributed by atoms with van der Waals surface area (Å²) in [6.45, 7) is 5.69. The van der Waals surface area contributed by atoms with Crippen molar-refractivity contribution in [3.8, 4) is 0 Å². The lowest BCUT2D eigenvalue weighted by molar-refractivity contribution is 0.774. The Bertz CT molecular complexity index is 435. The zero-order valence-electron chi connectivity index (χ0n) is 9.86. The minimum absolute atomic E-state index is 0.518. The fourth-order valence-electron chi connectivity index (χ4n) is 1.30. The molecule has 86 valence electrons. The Labute approximate surface area is 95.4 Å². The molecule has 0 aliphatic rings. The van der Waals surface area contributed by atoms with Crippen LogP contribution in [0, 0.1) is 0 Å². The minimum atomic E-state index is 0.518. The van der Waals surface area contributed by atoms with Crippen LogP contribution in [0.4, 0.5) is 5.82 Å². The van der Waals surface area contributed by atoms with E-state index in [4.69, 9.17) is 5.73 Å².